The molecule has 114 valence electrons. The predicted octanol–water partition coefficient (Wildman–Crippen LogP) is 1.72. The van der Waals surface area contributed by atoms with Crippen LogP contribution in [0.1, 0.15) is 39.5 Å². The molecule has 0 bridgehead atoms. The van der Waals surface area contributed by atoms with Crippen molar-refractivity contribution >= 4 is 0 Å². The first-order valence-corrected chi connectivity index (χ1v) is 7.30. The van der Waals surface area contributed by atoms with Gasteiger partial charge in [0.05, 0.1) is 6.61 Å². The number of ether oxygens (including phenoxy) is 4. The maximum Gasteiger partial charge on any atom is 0.186 e. The van der Waals surface area contributed by atoms with E-state index in [9.17, 15) is 5.11 Å². The van der Waals surface area contributed by atoms with Gasteiger partial charge in [0.1, 0.15) is 18.3 Å². The number of hydrogen-bond acceptors (Lipinski definition) is 5. The molecule has 4 atom stereocenters. The molecular weight excluding hydrogens is 248 g/mol. The Morgan fingerprint density at radius 3 is 2.42 bits per heavy atom. The van der Waals surface area contributed by atoms with Crippen LogP contribution in [-0.4, -0.2) is 56.6 Å². The summed E-state index contributed by atoms with van der Waals surface area (Å²) >= 11 is 0. The van der Waals surface area contributed by atoms with Crippen LogP contribution in [0.5, 0.6) is 0 Å². The van der Waals surface area contributed by atoms with Crippen LogP contribution in [0.2, 0.25) is 0 Å². The average Bonchev–Trinajstić information content (AvgIpc) is 2.72. The van der Waals surface area contributed by atoms with Crippen LogP contribution in [-0.2, 0) is 18.9 Å². The first-order valence-electron chi connectivity index (χ1n) is 7.30. The fourth-order valence-corrected chi connectivity index (χ4v) is 2.05. The minimum atomic E-state index is -0.748. The molecule has 0 radical (unpaired) electrons. The Hall–Kier alpha value is -0.200. The summed E-state index contributed by atoms with van der Waals surface area (Å²) in [6.07, 6.45) is 2.19. The minimum Gasteiger partial charge on any atom is -0.385 e. The Morgan fingerprint density at radius 1 is 1.11 bits per heavy atom. The zero-order valence-corrected chi connectivity index (χ0v) is 12.3. The molecule has 1 aliphatic heterocycles. The Balaban J connectivity index is 2.40. The van der Waals surface area contributed by atoms with Gasteiger partial charge in [-0.3, -0.25) is 0 Å². The smallest absolute Gasteiger partial charge is 0.186 e. The highest BCUT2D eigenvalue weighted by molar-refractivity contribution is 4.88. The Kier molecular flexibility index (Phi) is 8.57. The van der Waals surface area contributed by atoms with E-state index >= 15 is 0 Å². The van der Waals surface area contributed by atoms with Crippen molar-refractivity contribution in [3.05, 3.63) is 0 Å². The lowest BCUT2D eigenvalue weighted by Gasteiger charge is -2.20. The number of aliphatic hydroxyl groups is 1. The summed E-state index contributed by atoms with van der Waals surface area (Å²) in [5.41, 5.74) is 0. The van der Waals surface area contributed by atoms with E-state index < -0.39 is 12.4 Å². The Bertz CT molecular complexity index is 224. The summed E-state index contributed by atoms with van der Waals surface area (Å²) in [7, 11) is 1.53. The van der Waals surface area contributed by atoms with E-state index in [2.05, 4.69) is 13.8 Å². The molecule has 1 heterocycles. The second-order valence-corrected chi connectivity index (χ2v) is 4.89. The van der Waals surface area contributed by atoms with Crippen molar-refractivity contribution < 1.29 is 24.1 Å². The van der Waals surface area contributed by atoms with Gasteiger partial charge in [-0.25, -0.2) is 0 Å². The molecule has 1 N–H and O–H groups in total. The molecule has 1 fully saturated rings. The van der Waals surface area contributed by atoms with E-state index in [1.165, 1.54) is 7.11 Å². The third-order valence-electron chi connectivity index (χ3n) is 3.26. The van der Waals surface area contributed by atoms with Gasteiger partial charge >= 0.3 is 0 Å². The highest BCUT2D eigenvalue weighted by Gasteiger charge is 2.44. The van der Waals surface area contributed by atoms with E-state index in [0.717, 1.165) is 25.7 Å². The fourth-order valence-electron chi connectivity index (χ4n) is 2.05. The zero-order chi connectivity index (χ0) is 14.1. The number of unbranched alkanes of at least 4 members (excludes halogenated alkanes) is 2. The number of methoxy groups -OCH3 is 1. The van der Waals surface area contributed by atoms with Gasteiger partial charge in [-0.2, -0.15) is 0 Å². The number of rotatable bonds is 10. The molecule has 0 saturated carbocycles. The van der Waals surface area contributed by atoms with E-state index in [1.54, 1.807) is 0 Å². The first kappa shape index (κ1) is 16.9. The quantitative estimate of drug-likeness (QED) is 0.616. The molecule has 0 aromatic heterocycles. The highest BCUT2D eigenvalue weighted by atomic mass is 16.7. The Labute approximate surface area is 116 Å². The van der Waals surface area contributed by atoms with Gasteiger partial charge in [-0.05, 0) is 12.8 Å². The maximum atomic E-state index is 10.1. The lowest BCUT2D eigenvalue weighted by molar-refractivity contribution is -0.156. The molecule has 0 spiro atoms. The molecular formula is C14H28O5. The van der Waals surface area contributed by atoms with Gasteiger partial charge < -0.3 is 24.1 Å². The van der Waals surface area contributed by atoms with E-state index in [-0.39, 0.29) is 12.2 Å². The van der Waals surface area contributed by atoms with E-state index in [0.29, 0.717) is 19.8 Å². The van der Waals surface area contributed by atoms with Crippen molar-refractivity contribution in [1.29, 1.82) is 0 Å². The summed E-state index contributed by atoms with van der Waals surface area (Å²) in [5, 5.41) is 10.1. The molecule has 1 aliphatic rings. The van der Waals surface area contributed by atoms with Crippen LogP contribution < -0.4 is 0 Å². The summed E-state index contributed by atoms with van der Waals surface area (Å²) in [5.74, 6) is 0. The lowest BCUT2D eigenvalue weighted by Crippen LogP contribution is -2.37. The third kappa shape index (κ3) is 5.36. The van der Waals surface area contributed by atoms with Crippen molar-refractivity contribution in [2.75, 3.05) is 26.9 Å². The fraction of sp³-hybridized carbons (Fsp3) is 1.00. The van der Waals surface area contributed by atoms with Crippen LogP contribution in [0.3, 0.4) is 0 Å². The van der Waals surface area contributed by atoms with Gasteiger partial charge in [0.15, 0.2) is 6.29 Å². The van der Waals surface area contributed by atoms with Crippen molar-refractivity contribution in [1.82, 2.24) is 0 Å². The van der Waals surface area contributed by atoms with E-state index in [1.807, 2.05) is 0 Å². The monoisotopic (exact) mass is 276 g/mol. The standard InChI is InChI=1S/C14H28O5/c1-4-6-8-17-10-11-13(18-9-7-5-2)12(15)14(16-3)19-11/h11-15H,4-10H2,1-3H3/t11-,12?,13?,14-/m1/s1. The molecule has 0 aromatic rings. The van der Waals surface area contributed by atoms with Crippen molar-refractivity contribution in [2.45, 2.75) is 64.1 Å². The predicted molar refractivity (Wildman–Crippen MR) is 72.1 cm³/mol. The zero-order valence-electron chi connectivity index (χ0n) is 12.3. The third-order valence-corrected chi connectivity index (χ3v) is 3.26. The molecule has 5 nitrogen and oxygen atoms in total. The van der Waals surface area contributed by atoms with Crippen LogP contribution in [0.15, 0.2) is 0 Å². The number of aliphatic hydroxyl groups excluding tert-OH is 1. The van der Waals surface area contributed by atoms with Gasteiger partial charge in [0.2, 0.25) is 0 Å². The second-order valence-electron chi connectivity index (χ2n) is 4.89. The highest BCUT2D eigenvalue weighted by Crippen LogP contribution is 2.25. The van der Waals surface area contributed by atoms with Crippen LogP contribution in [0.25, 0.3) is 0 Å². The molecule has 19 heavy (non-hydrogen) atoms. The molecule has 0 aromatic carbocycles. The lowest BCUT2D eigenvalue weighted by atomic mass is 10.1. The van der Waals surface area contributed by atoms with Crippen LogP contribution >= 0.6 is 0 Å². The normalized spacial score (nSPS) is 30.9. The molecule has 2 unspecified atom stereocenters. The molecule has 5 heteroatoms. The van der Waals surface area contributed by atoms with Gasteiger partial charge in [-0.15, -0.1) is 0 Å². The maximum absolute atomic E-state index is 10.1. The van der Waals surface area contributed by atoms with Crippen LogP contribution in [0.4, 0.5) is 0 Å². The first-order chi connectivity index (χ1) is 9.24. The summed E-state index contributed by atoms with van der Waals surface area (Å²) in [6.45, 7) is 6.01. The minimum absolute atomic E-state index is 0.256. The van der Waals surface area contributed by atoms with Crippen LogP contribution in [0, 0.1) is 0 Å². The van der Waals surface area contributed by atoms with E-state index in [4.69, 9.17) is 18.9 Å². The van der Waals surface area contributed by atoms with Crippen molar-refractivity contribution in [3.8, 4) is 0 Å². The summed E-state index contributed by atoms with van der Waals surface area (Å²) in [6, 6.07) is 0. The summed E-state index contributed by atoms with van der Waals surface area (Å²) < 4.78 is 22.0. The molecule has 1 saturated heterocycles. The van der Waals surface area contributed by atoms with Crippen molar-refractivity contribution in [2.24, 2.45) is 0 Å². The van der Waals surface area contributed by atoms with Gasteiger partial charge in [-0.1, -0.05) is 26.7 Å². The second kappa shape index (κ2) is 9.66. The van der Waals surface area contributed by atoms with Gasteiger partial charge in [0.25, 0.3) is 0 Å². The largest absolute Gasteiger partial charge is 0.385 e. The SMILES string of the molecule is CCCCOC[C@H]1O[C@@H](OC)C(O)C1OCCCC. The number of hydrogen-bond donors (Lipinski definition) is 1. The van der Waals surface area contributed by atoms with Crippen molar-refractivity contribution in [3.63, 3.8) is 0 Å². The molecule has 0 amide bonds. The molecule has 1 rings (SSSR count). The molecule has 0 aliphatic carbocycles. The van der Waals surface area contributed by atoms with Gasteiger partial charge in [0, 0.05) is 20.3 Å². The average molecular weight is 276 g/mol. The summed E-state index contributed by atoms with van der Waals surface area (Å²) in [4.78, 5) is 0. The topological polar surface area (TPSA) is 57.2 Å². The Morgan fingerprint density at radius 2 is 1.79 bits per heavy atom.